The van der Waals surface area contributed by atoms with Crippen LogP contribution in [-0.4, -0.2) is 20.7 Å². The van der Waals surface area contributed by atoms with Crippen molar-refractivity contribution in [2.45, 2.75) is 25.9 Å². The number of nitrogens with zero attached hydrogens (tertiary/aromatic N) is 3. The van der Waals surface area contributed by atoms with Crippen LogP contribution in [0.3, 0.4) is 0 Å². The average Bonchev–Trinajstić information content (AvgIpc) is 3.45. The van der Waals surface area contributed by atoms with Crippen molar-refractivity contribution in [3.63, 3.8) is 0 Å². The molecule has 0 aliphatic heterocycles. The van der Waals surface area contributed by atoms with Crippen molar-refractivity contribution in [1.82, 2.24) is 20.1 Å². The molecule has 0 bridgehead atoms. The van der Waals surface area contributed by atoms with Crippen molar-refractivity contribution in [2.75, 3.05) is 0 Å². The largest absolute Gasteiger partial charge is 0.348 e. The van der Waals surface area contributed by atoms with E-state index in [2.05, 4.69) is 15.4 Å². The van der Waals surface area contributed by atoms with Gasteiger partial charge in [0.15, 0.2) is 0 Å². The van der Waals surface area contributed by atoms with Crippen LogP contribution in [0.5, 0.6) is 0 Å². The highest BCUT2D eigenvalue weighted by molar-refractivity contribution is 7.13. The SMILES string of the molecule is CC(C)(C(=O)NCc1csc(-c2ccccc2)n1)n1nc(-c2cccs2)ccc1=O. The summed E-state index contributed by atoms with van der Waals surface area (Å²) in [5.41, 5.74) is 1.01. The van der Waals surface area contributed by atoms with E-state index in [9.17, 15) is 9.59 Å². The van der Waals surface area contributed by atoms with E-state index in [1.165, 1.54) is 33.4 Å². The Labute approximate surface area is 181 Å². The van der Waals surface area contributed by atoms with Crippen LogP contribution in [0.25, 0.3) is 21.1 Å². The Bertz CT molecular complexity index is 1210. The summed E-state index contributed by atoms with van der Waals surface area (Å²) in [6.07, 6.45) is 0. The van der Waals surface area contributed by atoms with Crippen LogP contribution in [0.1, 0.15) is 19.5 Å². The number of hydrogen-bond acceptors (Lipinski definition) is 6. The number of carbonyl (C=O) groups is 1. The molecule has 3 aromatic heterocycles. The highest BCUT2D eigenvalue weighted by Gasteiger charge is 2.32. The summed E-state index contributed by atoms with van der Waals surface area (Å²) >= 11 is 3.06. The van der Waals surface area contributed by atoms with Gasteiger partial charge in [0.05, 0.1) is 17.1 Å². The molecule has 30 heavy (non-hydrogen) atoms. The second-order valence-corrected chi connectivity index (χ2v) is 9.00. The van der Waals surface area contributed by atoms with Crippen molar-refractivity contribution < 1.29 is 4.79 Å². The van der Waals surface area contributed by atoms with Crippen LogP contribution in [0.4, 0.5) is 0 Å². The quantitative estimate of drug-likeness (QED) is 0.493. The van der Waals surface area contributed by atoms with Crippen LogP contribution in [0.15, 0.2) is 70.2 Å². The summed E-state index contributed by atoms with van der Waals surface area (Å²) < 4.78 is 1.24. The van der Waals surface area contributed by atoms with Gasteiger partial charge >= 0.3 is 0 Å². The molecule has 0 fully saturated rings. The number of thiazole rings is 1. The molecule has 3 heterocycles. The summed E-state index contributed by atoms with van der Waals surface area (Å²) in [6, 6.07) is 16.9. The van der Waals surface area contributed by atoms with Crippen molar-refractivity contribution in [2.24, 2.45) is 0 Å². The van der Waals surface area contributed by atoms with Gasteiger partial charge in [0.25, 0.3) is 5.56 Å². The van der Waals surface area contributed by atoms with E-state index in [4.69, 9.17) is 0 Å². The fourth-order valence-electron chi connectivity index (χ4n) is 2.95. The van der Waals surface area contributed by atoms with E-state index in [0.717, 1.165) is 21.1 Å². The molecule has 0 radical (unpaired) electrons. The monoisotopic (exact) mass is 436 g/mol. The lowest BCUT2D eigenvalue weighted by Gasteiger charge is -2.25. The molecule has 8 heteroatoms. The van der Waals surface area contributed by atoms with Gasteiger partial charge in [-0.25, -0.2) is 9.67 Å². The Morgan fingerprint density at radius 2 is 1.87 bits per heavy atom. The second-order valence-electron chi connectivity index (χ2n) is 7.20. The van der Waals surface area contributed by atoms with Crippen LogP contribution in [-0.2, 0) is 16.9 Å². The minimum absolute atomic E-state index is 0.283. The van der Waals surface area contributed by atoms with Gasteiger partial charge in [-0.15, -0.1) is 22.7 Å². The van der Waals surface area contributed by atoms with Gasteiger partial charge in [0.2, 0.25) is 5.91 Å². The topological polar surface area (TPSA) is 76.9 Å². The van der Waals surface area contributed by atoms with Gasteiger partial charge in [-0.2, -0.15) is 5.10 Å². The van der Waals surface area contributed by atoms with Crippen LogP contribution >= 0.6 is 22.7 Å². The summed E-state index contributed by atoms with van der Waals surface area (Å²) in [4.78, 5) is 30.9. The number of carbonyl (C=O) groups excluding carboxylic acids is 1. The maximum atomic E-state index is 12.9. The van der Waals surface area contributed by atoms with E-state index in [1.54, 1.807) is 19.9 Å². The Morgan fingerprint density at radius 1 is 1.07 bits per heavy atom. The number of nitrogens with one attached hydrogen (secondary N) is 1. The van der Waals surface area contributed by atoms with Crippen molar-refractivity contribution >= 4 is 28.6 Å². The molecule has 1 N–H and O–H groups in total. The molecule has 0 aliphatic rings. The Kier molecular flexibility index (Phi) is 5.61. The first-order chi connectivity index (χ1) is 14.4. The maximum absolute atomic E-state index is 12.9. The third-order valence-electron chi connectivity index (χ3n) is 4.66. The fourth-order valence-corrected chi connectivity index (χ4v) is 4.47. The van der Waals surface area contributed by atoms with E-state index >= 15 is 0 Å². The van der Waals surface area contributed by atoms with Crippen LogP contribution in [0, 0.1) is 0 Å². The molecule has 1 aromatic carbocycles. The molecular formula is C22H20N4O2S2. The van der Waals surface area contributed by atoms with Crippen molar-refractivity contribution in [1.29, 1.82) is 0 Å². The standard InChI is InChI=1S/C22H20N4O2S2/c1-22(2,26-19(27)11-10-17(25-26)18-9-6-12-29-18)21(28)23-13-16-14-30-20(24-16)15-7-4-3-5-8-15/h3-12,14H,13H2,1-2H3,(H,23,28). The molecule has 0 spiro atoms. The summed E-state index contributed by atoms with van der Waals surface area (Å²) in [5, 5.41) is 12.1. The number of rotatable bonds is 6. The van der Waals surface area contributed by atoms with E-state index in [1.807, 2.05) is 53.2 Å². The molecule has 0 aliphatic carbocycles. The average molecular weight is 437 g/mol. The van der Waals surface area contributed by atoms with E-state index < -0.39 is 5.54 Å². The van der Waals surface area contributed by atoms with Crippen molar-refractivity contribution in [3.8, 4) is 21.1 Å². The van der Waals surface area contributed by atoms with Gasteiger partial charge in [0, 0.05) is 17.0 Å². The predicted octanol–water partition coefficient (Wildman–Crippen LogP) is 4.15. The van der Waals surface area contributed by atoms with Gasteiger partial charge in [-0.05, 0) is 31.4 Å². The lowest BCUT2D eigenvalue weighted by molar-refractivity contribution is -0.129. The molecule has 0 saturated carbocycles. The van der Waals surface area contributed by atoms with Crippen LogP contribution in [0.2, 0.25) is 0 Å². The number of thiophene rings is 1. The Hall–Kier alpha value is -3.10. The first kappa shape index (κ1) is 20.2. The molecule has 0 atom stereocenters. The zero-order valence-electron chi connectivity index (χ0n) is 16.5. The first-order valence-corrected chi connectivity index (χ1v) is 11.1. The number of aromatic nitrogens is 3. The molecule has 0 unspecified atom stereocenters. The van der Waals surface area contributed by atoms with Crippen LogP contribution < -0.4 is 10.9 Å². The van der Waals surface area contributed by atoms with E-state index in [0.29, 0.717) is 5.69 Å². The van der Waals surface area contributed by atoms with E-state index in [-0.39, 0.29) is 18.0 Å². The van der Waals surface area contributed by atoms with Gasteiger partial charge in [-0.1, -0.05) is 36.4 Å². The number of hydrogen-bond donors (Lipinski definition) is 1. The summed E-state index contributed by atoms with van der Waals surface area (Å²) in [5.74, 6) is -0.297. The summed E-state index contributed by atoms with van der Waals surface area (Å²) in [6.45, 7) is 3.65. The maximum Gasteiger partial charge on any atom is 0.267 e. The summed E-state index contributed by atoms with van der Waals surface area (Å²) in [7, 11) is 0. The third-order valence-corrected chi connectivity index (χ3v) is 6.49. The molecule has 0 saturated heterocycles. The second kappa shape index (κ2) is 8.33. The fraction of sp³-hybridized carbons (Fsp3) is 0.182. The molecule has 1 amide bonds. The molecule has 152 valence electrons. The molecule has 4 rings (SSSR count). The number of amides is 1. The highest BCUT2D eigenvalue weighted by Crippen LogP contribution is 2.24. The minimum atomic E-state index is -1.15. The lowest BCUT2D eigenvalue weighted by atomic mass is 10.0. The van der Waals surface area contributed by atoms with Gasteiger partial charge in [-0.3, -0.25) is 9.59 Å². The van der Waals surface area contributed by atoms with Gasteiger partial charge < -0.3 is 5.32 Å². The Balaban J connectivity index is 1.50. The molecular weight excluding hydrogens is 416 g/mol. The predicted molar refractivity (Wildman–Crippen MR) is 121 cm³/mol. The normalized spacial score (nSPS) is 11.4. The van der Waals surface area contributed by atoms with Gasteiger partial charge in [0.1, 0.15) is 16.2 Å². The van der Waals surface area contributed by atoms with Crippen molar-refractivity contribution in [3.05, 3.63) is 81.4 Å². The zero-order chi connectivity index (χ0) is 21.1. The lowest BCUT2D eigenvalue weighted by Crippen LogP contribution is -2.49. The zero-order valence-corrected chi connectivity index (χ0v) is 18.2. The molecule has 4 aromatic rings. The highest BCUT2D eigenvalue weighted by atomic mass is 32.1. The number of benzene rings is 1. The first-order valence-electron chi connectivity index (χ1n) is 9.38. The smallest absolute Gasteiger partial charge is 0.267 e. The third kappa shape index (κ3) is 4.10. The Morgan fingerprint density at radius 3 is 2.60 bits per heavy atom. The molecule has 6 nitrogen and oxygen atoms in total. The minimum Gasteiger partial charge on any atom is -0.348 e.